The molecular formula is C34H33ClFN5O3. The Balaban J connectivity index is 0.999. The second-order valence-corrected chi connectivity index (χ2v) is 12.5. The summed E-state index contributed by atoms with van der Waals surface area (Å²) in [6, 6.07) is 17.0. The number of ether oxygens (including phenoxy) is 3. The van der Waals surface area contributed by atoms with Crippen LogP contribution in [0.1, 0.15) is 49.1 Å². The lowest BCUT2D eigenvalue weighted by molar-refractivity contribution is -0.0712. The summed E-state index contributed by atoms with van der Waals surface area (Å²) < 4.78 is 35.6. The maximum Gasteiger partial charge on any atom is 0.278 e. The molecule has 3 aliphatic heterocycles. The van der Waals surface area contributed by atoms with Crippen LogP contribution in [0, 0.1) is 5.82 Å². The number of nitrogens with one attached hydrogen (secondary N) is 1. The quantitative estimate of drug-likeness (QED) is 0.212. The molecule has 2 unspecified atom stereocenters. The van der Waals surface area contributed by atoms with Gasteiger partial charge in [0.05, 0.1) is 42.0 Å². The predicted molar refractivity (Wildman–Crippen MR) is 165 cm³/mol. The summed E-state index contributed by atoms with van der Waals surface area (Å²) in [7, 11) is 0. The molecule has 1 N–H and O–H groups in total. The molecule has 3 aliphatic rings. The van der Waals surface area contributed by atoms with Gasteiger partial charge < -0.3 is 18.8 Å². The van der Waals surface area contributed by atoms with E-state index < -0.39 is 11.6 Å². The first kappa shape index (κ1) is 27.6. The van der Waals surface area contributed by atoms with E-state index in [2.05, 4.69) is 43.9 Å². The van der Waals surface area contributed by atoms with Crippen molar-refractivity contribution in [1.82, 2.24) is 24.6 Å². The number of benzene rings is 3. The normalized spacial score (nSPS) is 22.0. The fourth-order valence-electron chi connectivity index (χ4n) is 6.76. The zero-order valence-corrected chi connectivity index (χ0v) is 25.2. The summed E-state index contributed by atoms with van der Waals surface area (Å²) >= 11 is 5.99. The molecule has 44 heavy (non-hydrogen) atoms. The highest BCUT2D eigenvalue weighted by atomic mass is 35.5. The smallest absolute Gasteiger partial charge is 0.278 e. The van der Waals surface area contributed by atoms with E-state index in [9.17, 15) is 4.39 Å². The van der Waals surface area contributed by atoms with Crippen LogP contribution in [-0.4, -0.2) is 50.4 Å². The molecule has 8 nitrogen and oxygen atoms in total. The number of hydrogen-bond donors (Lipinski definition) is 1. The Morgan fingerprint density at radius 2 is 1.91 bits per heavy atom. The van der Waals surface area contributed by atoms with Crippen molar-refractivity contribution in [1.29, 1.82) is 0 Å². The van der Waals surface area contributed by atoms with Crippen LogP contribution >= 0.6 is 11.6 Å². The summed E-state index contributed by atoms with van der Waals surface area (Å²) in [5.74, 6) is 1.02. The standard InChI is InChI=1S/C34H33ClFN5O3/c1-34(27-7-6-24(35)16-28(27)36)43-31-4-2-3-26(33(31)44-34)21-9-12-40(13-10-21)20-32-39-29-15-22(23-17-37-38-18-23)5-8-30(29)41(32)19-25-11-14-42-25/h2-8,15-18,21,25H,9-14,19-20H2,1H3,(H,37,38). The molecule has 0 amide bonds. The Bertz CT molecular complexity index is 1830. The zero-order valence-electron chi connectivity index (χ0n) is 24.4. The number of H-pyrrole nitrogens is 1. The lowest BCUT2D eigenvalue weighted by Gasteiger charge is -2.33. The van der Waals surface area contributed by atoms with Crippen LogP contribution in [0.25, 0.3) is 22.2 Å². The number of piperidine rings is 1. The highest BCUT2D eigenvalue weighted by Gasteiger charge is 2.43. The summed E-state index contributed by atoms with van der Waals surface area (Å²) in [5.41, 5.74) is 5.71. The number of hydrogen-bond acceptors (Lipinski definition) is 6. The first-order valence-electron chi connectivity index (χ1n) is 15.2. The molecule has 8 rings (SSSR count). The van der Waals surface area contributed by atoms with Crippen LogP contribution in [-0.2, 0) is 23.6 Å². The first-order valence-corrected chi connectivity index (χ1v) is 15.6. The van der Waals surface area contributed by atoms with Gasteiger partial charge in [-0.05, 0) is 80.2 Å². The van der Waals surface area contributed by atoms with Gasteiger partial charge in [-0.2, -0.15) is 5.10 Å². The number of para-hydroxylation sites is 1. The minimum Gasteiger partial charge on any atom is -0.444 e. The van der Waals surface area contributed by atoms with E-state index in [1.165, 1.54) is 6.07 Å². The van der Waals surface area contributed by atoms with E-state index in [1.807, 2.05) is 24.5 Å². The fraction of sp³-hybridized carbons (Fsp3) is 0.353. The molecule has 0 aliphatic carbocycles. The Kier molecular flexibility index (Phi) is 6.85. The van der Waals surface area contributed by atoms with Crippen molar-refractivity contribution in [2.45, 2.75) is 57.1 Å². The van der Waals surface area contributed by atoms with Crippen molar-refractivity contribution in [2.24, 2.45) is 0 Å². The Hall–Kier alpha value is -3.92. The van der Waals surface area contributed by atoms with E-state index in [0.717, 1.165) is 85.6 Å². The van der Waals surface area contributed by atoms with E-state index in [0.29, 0.717) is 28.0 Å². The van der Waals surface area contributed by atoms with Crippen LogP contribution in [0.15, 0.2) is 67.0 Å². The number of likely N-dealkylation sites (tertiary alicyclic amines) is 1. The lowest BCUT2D eigenvalue weighted by atomic mass is 9.88. The Morgan fingerprint density at radius 1 is 1.05 bits per heavy atom. The predicted octanol–water partition coefficient (Wildman–Crippen LogP) is 7.03. The average molecular weight is 614 g/mol. The molecule has 2 saturated heterocycles. The van der Waals surface area contributed by atoms with Gasteiger partial charge in [-0.15, -0.1) is 0 Å². The van der Waals surface area contributed by atoms with Gasteiger partial charge in [0.1, 0.15) is 11.6 Å². The third-order valence-corrected chi connectivity index (χ3v) is 9.50. The number of nitrogens with zero attached hydrogens (tertiary/aromatic N) is 4. The molecule has 0 saturated carbocycles. The van der Waals surface area contributed by atoms with Gasteiger partial charge in [0.2, 0.25) is 0 Å². The highest BCUT2D eigenvalue weighted by molar-refractivity contribution is 6.30. The SMILES string of the molecule is CC1(c2ccc(Cl)cc2F)Oc2cccc(C3CCN(Cc4nc5cc(-c6cn[nH]c6)ccc5n4CC4CCO4)CC3)c2O1. The summed E-state index contributed by atoms with van der Waals surface area (Å²) in [6.07, 6.45) is 7.00. The highest BCUT2D eigenvalue weighted by Crippen LogP contribution is 2.50. The monoisotopic (exact) mass is 613 g/mol. The van der Waals surface area contributed by atoms with Gasteiger partial charge >= 0.3 is 0 Å². The zero-order chi connectivity index (χ0) is 29.8. The van der Waals surface area contributed by atoms with E-state index >= 15 is 0 Å². The molecule has 2 fully saturated rings. The molecule has 5 heterocycles. The Labute approximate surface area is 259 Å². The van der Waals surface area contributed by atoms with Crippen molar-refractivity contribution in [3.8, 4) is 22.6 Å². The molecular weight excluding hydrogens is 581 g/mol. The van der Waals surface area contributed by atoms with Crippen molar-refractivity contribution >= 4 is 22.6 Å². The van der Waals surface area contributed by atoms with Gasteiger partial charge in [0.25, 0.3) is 5.79 Å². The number of halogens is 2. The average Bonchev–Trinajstić information content (AvgIpc) is 3.72. The molecule has 2 aromatic heterocycles. The molecule has 0 radical (unpaired) electrons. The number of imidazole rings is 1. The van der Waals surface area contributed by atoms with Gasteiger partial charge in [0, 0.05) is 35.9 Å². The summed E-state index contributed by atoms with van der Waals surface area (Å²) in [6.45, 7) is 6.04. The third-order valence-electron chi connectivity index (χ3n) is 9.26. The molecule has 10 heteroatoms. The summed E-state index contributed by atoms with van der Waals surface area (Å²) in [4.78, 5) is 7.62. The van der Waals surface area contributed by atoms with Gasteiger partial charge in [-0.1, -0.05) is 29.8 Å². The molecule has 3 aromatic carbocycles. The maximum atomic E-state index is 14.9. The number of rotatable bonds is 7. The van der Waals surface area contributed by atoms with Crippen LogP contribution in [0.5, 0.6) is 11.5 Å². The van der Waals surface area contributed by atoms with Crippen molar-refractivity contribution in [2.75, 3.05) is 19.7 Å². The second-order valence-electron chi connectivity index (χ2n) is 12.1. The number of aromatic nitrogens is 4. The second kappa shape index (κ2) is 10.9. The van der Waals surface area contributed by atoms with Crippen molar-refractivity contribution in [3.05, 3.63) is 94.8 Å². The maximum absolute atomic E-state index is 14.9. The molecule has 0 bridgehead atoms. The molecule has 5 aromatic rings. The van der Waals surface area contributed by atoms with Crippen molar-refractivity contribution < 1.29 is 18.6 Å². The minimum atomic E-state index is -1.26. The minimum absolute atomic E-state index is 0.236. The lowest BCUT2D eigenvalue weighted by Crippen LogP contribution is -2.35. The summed E-state index contributed by atoms with van der Waals surface area (Å²) in [5, 5.41) is 7.34. The third kappa shape index (κ3) is 4.93. The molecule has 2 atom stereocenters. The van der Waals surface area contributed by atoms with E-state index in [4.69, 9.17) is 30.8 Å². The van der Waals surface area contributed by atoms with Crippen molar-refractivity contribution in [3.63, 3.8) is 0 Å². The number of fused-ring (bicyclic) bond motifs is 2. The van der Waals surface area contributed by atoms with Crippen LogP contribution in [0.2, 0.25) is 5.02 Å². The van der Waals surface area contributed by atoms with E-state index in [1.54, 1.807) is 19.1 Å². The van der Waals surface area contributed by atoms with Crippen LogP contribution in [0.3, 0.4) is 0 Å². The van der Waals surface area contributed by atoms with Gasteiger partial charge in [0.15, 0.2) is 11.5 Å². The molecule has 0 spiro atoms. The van der Waals surface area contributed by atoms with E-state index in [-0.39, 0.29) is 6.10 Å². The van der Waals surface area contributed by atoms with Gasteiger partial charge in [-0.25, -0.2) is 9.37 Å². The largest absolute Gasteiger partial charge is 0.444 e. The first-order chi connectivity index (χ1) is 21.4. The van der Waals surface area contributed by atoms with Gasteiger partial charge in [-0.3, -0.25) is 10.00 Å². The Morgan fingerprint density at radius 3 is 2.66 bits per heavy atom. The molecule has 226 valence electrons. The fourth-order valence-corrected chi connectivity index (χ4v) is 6.92. The van der Waals surface area contributed by atoms with Crippen LogP contribution in [0.4, 0.5) is 4.39 Å². The topological polar surface area (TPSA) is 77.4 Å². The number of aromatic amines is 1. The van der Waals surface area contributed by atoms with Crippen LogP contribution < -0.4 is 9.47 Å².